The van der Waals surface area contributed by atoms with Crippen molar-refractivity contribution >= 4 is 45.8 Å². The lowest BCUT2D eigenvalue weighted by Gasteiger charge is -2.47. The molecular formula is C28H34F2N10O2S2. The third-order valence-corrected chi connectivity index (χ3v) is 11.0. The van der Waals surface area contributed by atoms with Crippen LogP contribution in [0.3, 0.4) is 0 Å². The van der Waals surface area contributed by atoms with Gasteiger partial charge in [0.1, 0.15) is 23.5 Å². The van der Waals surface area contributed by atoms with Crippen LogP contribution >= 0.6 is 23.1 Å². The first kappa shape index (κ1) is 30.5. The number of aromatic nitrogens is 4. The number of nitrogen functional groups attached to an aromatic ring is 2. The molecule has 1 spiro atoms. The molecule has 16 heteroatoms. The molecule has 0 bridgehead atoms. The molecule has 2 saturated heterocycles. The zero-order valence-corrected chi connectivity index (χ0v) is 26.0. The number of nitrogens with two attached hydrogens (primary N) is 2. The third kappa shape index (κ3) is 5.81. The van der Waals surface area contributed by atoms with E-state index in [4.69, 9.17) is 20.9 Å². The predicted molar refractivity (Wildman–Crippen MR) is 166 cm³/mol. The van der Waals surface area contributed by atoms with Gasteiger partial charge in [-0.1, -0.05) is 6.07 Å². The van der Waals surface area contributed by atoms with Crippen molar-refractivity contribution in [1.29, 1.82) is 5.26 Å². The van der Waals surface area contributed by atoms with Crippen molar-refractivity contribution < 1.29 is 18.3 Å². The average molecular weight is 645 g/mol. The summed E-state index contributed by atoms with van der Waals surface area (Å²) in [6.07, 6.45) is 0.728. The van der Waals surface area contributed by atoms with Gasteiger partial charge in [0.25, 0.3) is 6.43 Å². The molecule has 44 heavy (non-hydrogen) atoms. The van der Waals surface area contributed by atoms with E-state index in [1.165, 1.54) is 16.2 Å². The number of rotatable bonds is 11. The summed E-state index contributed by atoms with van der Waals surface area (Å²) >= 11 is 3.24. The number of halogens is 2. The van der Waals surface area contributed by atoms with Crippen LogP contribution in [0.2, 0.25) is 0 Å². The van der Waals surface area contributed by atoms with Gasteiger partial charge in [-0.25, -0.2) is 13.8 Å². The number of pyridine rings is 1. The predicted octanol–water partition coefficient (Wildman–Crippen LogP) is 3.30. The molecule has 0 radical (unpaired) electrons. The molecule has 234 valence electrons. The number of methoxy groups -OCH3 is 1. The van der Waals surface area contributed by atoms with Crippen LogP contribution in [0.4, 0.5) is 31.5 Å². The fraction of sp³-hybridized carbons (Fsp3) is 0.536. The summed E-state index contributed by atoms with van der Waals surface area (Å²) < 4.78 is 39.0. The highest BCUT2D eigenvalue weighted by atomic mass is 32.2. The summed E-state index contributed by atoms with van der Waals surface area (Å²) in [4.78, 5) is 22.4. The Balaban J connectivity index is 1.30. The van der Waals surface area contributed by atoms with Gasteiger partial charge in [-0.3, -0.25) is 0 Å². The van der Waals surface area contributed by atoms with Gasteiger partial charge in [-0.15, -0.1) is 23.1 Å². The normalized spacial score (nSPS) is 20.9. The number of alkyl halides is 2. The maximum Gasteiger partial charge on any atom is 0.323 e. The van der Waals surface area contributed by atoms with Crippen molar-refractivity contribution in [3.05, 3.63) is 39.9 Å². The molecule has 0 aliphatic carbocycles. The molecule has 3 aliphatic heterocycles. The smallest absolute Gasteiger partial charge is 0.323 e. The van der Waals surface area contributed by atoms with Crippen molar-refractivity contribution in [2.24, 2.45) is 0 Å². The van der Waals surface area contributed by atoms with Crippen molar-refractivity contribution in [2.75, 3.05) is 61.2 Å². The molecule has 6 heterocycles. The average Bonchev–Trinajstić information content (AvgIpc) is 3.67. The van der Waals surface area contributed by atoms with E-state index in [1.54, 1.807) is 44.1 Å². The van der Waals surface area contributed by atoms with Crippen molar-refractivity contribution in [3.63, 3.8) is 0 Å². The van der Waals surface area contributed by atoms with E-state index in [1.807, 2.05) is 4.90 Å². The largest absolute Gasteiger partial charge is 0.462 e. The van der Waals surface area contributed by atoms with Crippen LogP contribution in [0, 0.1) is 11.3 Å². The van der Waals surface area contributed by atoms with Crippen LogP contribution in [0.15, 0.2) is 18.3 Å². The quantitative estimate of drug-likeness (QED) is 0.279. The van der Waals surface area contributed by atoms with Crippen molar-refractivity contribution in [2.45, 2.75) is 54.8 Å². The lowest BCUT2D eigenvalue weighted by molar-refractivity contribution is 0.151. The Morgan fingerprint density at radius 3 is 2.70 bits per heavy atom. The highest BCUT2D eigenvalue weighted by molar-refractivity contribution is 8.00. The van der Waals surface area contributed by atoms with Crippen LogP contribution in [0.1, 0.15) is 47.4 Å². The van der Waals surface area contributed by atoms with Gasteiger partial charge >= 0.3 is 6.01 Å². The summed E-state index contributed by atoms with van der Waals surface area (Å²) in [5.41, 5.74) is 14.4. The maximum absolute atomic E-state index is 14.0. The number of thiophene rings is 1. The first-order valence-corrected chi connectivity index (χ1v) is 16.1. The minimum atomic E-state index is -2.67. The topological polar surface area (TPSA) is 164 Å². The Morgan fingerprint density at radius 1 is 1.23 bits per heavy atom. The third-order valence-electron chi connectivity index (χ3n) is 8.32. The van der Waals surface area contributed by atoms with Crippen LogP contribution in [0.5, 0.6) is 6.01 Å². The molecule has 3 aromatic rings. The second-order valence-corrected chi connectivity index (χ2v) is 13.7. The molecule has 3 aliphatic rings. The zero-order valence-electron chi connectivity index (χ0n) is 24.4. The Kier molecular flexibility index (Phi) is 8.64. The van der Waals surface area contributed by atoms with Gasteiger partial charge in [-0.2, -0.15) is 20.2 Å². The first-order chi connectivity index (χ1) is 21.2. The second kappa shape index (κ2) is 12.5. The molecule has 3 aromatic heterocycles. The van der Waals surface area contributed by atoms with E-state index in [0.29, 0.717) is 48.4 Å². The van der Waals surface area contributed by atoms with E-state index < -0.39 is 19.0 Å². The van der Waals surface area contributed by atoms with Crippen LogP contribution < -0.4 is 31.3 Å². The Bertz CT molecular complexity index is 1550. The molecule has 6 rings (SSSR count). The number of nitrogens with one attached hydrogen (secondary N) is 1. The molecule has 2 unspecified atom stereocenters. The number of thioether (sulfide) groups is 1. The fourth-order valence-corrected chi connectivity index (χ4v) is 8.96. The SMILES string of the molecule is COCC1CCC(COc2nc(N3CC4(C3)SCc3sc(N)c(C#N)c34)nc(N(CC(F)F)[C@H](C)c3cccnc3N)n2)N1. The fourth-order valence-electron chi connectivity index (χ4n) is 6.15. The lowest BCUT2D eigenvalue weighted by Crippen LogP contribution is -2.57. The standard InChI is InChI=1S/C28H34F2N10O2S2/c1-15(18-4-3-7-34-23(18)32)40(9-21(29)30)26-36-25(37-27(38-26)42-11-17-6-5-16(35-17)10-41-2)39-13-28(14-39)22-19(8-31)24(33)44-20(22)12-43-28/h3-4,7,15-17,21,35H,5-6,9-14,33H2,1-2H3,(H2,32,34)/t15-,16?,17?/m1/s1. The van der Waals surface area contributed by atoms with Gasteiger partial charge in [0.2, 0.25) is 11.9 Å². The van der Waals surface area contributed by atoms with Crippen molar-refractivity contribution in [3.8, 4) is 12.1 Å². The zero-order chi connectivity index (χ0) is 31.0. The molecular weight excluding hydrogens is 611 g/mol. The summed E-state index contributed by atoms with van der Waals surface area (Å²) in [5.74, 6) is 1.39. The molecule has 3 atom stereocenters. The van der Waals surface area contributed by atoms with Crippen LogP contribution in [-0.4, -0.2) is 78.4 Å². The highest BCUT2D eigenvalue weighted by Gasteiger charge is 2.53. The molecule has 5 N–H and O–H groups in total. The summed E-state index contributed by atoms with van der Waals surface area (Å²) in [6, 6.07) is 5.47. The van der Waals surface area contributed by atoms with Gasteiger partial charge in [-0.05, 0) is 25.8 Å². The number of nitriles is 1. The number of ether oxygens (including phenoxy) is 2. The van der Waals surface area contributed by atoms with Crippen LogP contribution in [0.25, 0.3) is 0 Å². The van der Waals surface area contributed by atoms with Gasteiger partial charge in [0.05, 0.1) is 29.5 Å². The number of anilines is 4. The second-order valence-electron chi connectivity index (χ2n) is 11.2. The molecule has 2 fully saturated rings. The monoisotopic (exact) mass is 644 g/mol. The summed E-state index contributed by atoms with van der Waals surface area (Å²) in [5, 5.41) is 13.8. The van der Waals surface area contributed by atoms with E-state index >= 15 is 0 Å². The maximum atomic E-state index is 14.0. The molecule has 12 nitrogen and oxygen atoms in total. The molecule has 0 aromatic carbocycles. The molecule has 0 amide bonds. The Hall–Kier alpha value is -3.52. The Labute approximate surface area is 262 Å². The minimum absolute atomic E-state index is 0.0471. The minimum Gasteiger partial charge on any atom is -0.462 e. The van der Waals surface area contributed by atoms with Gasteiger partial charge in [0.15, 0.2) is 0 Å². The Morgan fingerprint density at radius 2 is 2.00 bits per heavy atom. The number of hydrogen-bond acceptors (Lipinski definition) is 14. The number of hydrogen-bond donors (Lipinski definition) is 3. The van der Waals surface area contributed by atoms with E-state index in [-0.39, 0.29) is 34.6 Å². The van der Waals surface area contributed by atoms with Gasteiger partial charge < -0.3 is 36.1 Å². The van der Waals surface area contributed by atoms with Crippen LogP contribution in [-0.2, 0) is 15.2 Å². The van der Waals surface area contributed by atoms with E-state index in [9.17, 15) is 14.0 Å². The van der Waals surface area contributed by atoms with E-state index in [0.717, 1.165) is 29.0 Å². The lowest BCUT2D eigenvalue weighted by atomic mass is 9.88. The first-order valence-electron chi connectivity index (χ1n) is 14.3. The van der Waals surface area contributed by atoms with E-state index in [2.05, 4.69) is 31.3 Å². The summed E-state index contributed by atoms with van der Waals surface area (Å²) in [6.45, 7) is 3.09. The number of fused-ring (bicyclic) bond motifs is 2. The molecule has 0 saturated carbocycles. The van der Waals surface area contributed by atoms with Crippen molar-refractivity contribution in [1.82, 2.24) is 25.3 Å². The summed E-state index contributed by atoms with van der Waals surface area (Å²) in [7, 11) is 1.67. The highest BCUT2D eigenvalue weighted by Crippen LogP contribution is 2.57. The number of nitrogens with zero attached hydrogens (tertiary/aromatic N) is 7. The van der Waals surface area contributed by atoms with Gasteiger partial charge in [0, 0.05) is 60.2 Å².